The van der Waals surface area contributed by atoms with Crippen LogP contribution in [0.4, 0.5) is 0 Å². The van der Waals surface area contributed by atoms with E-state index in [2.05, 4.69) is 10.1 Å². The maximum atomic E-state index is 10.7. The minimum Gasteiger partial charge on any atom is -0.476 e. The van der Waals surface area contributed by atoms with Gasteiger partial charge in [0, 0.05) is 17.1 Å². The first-order valence-electron chi connectivity index (χ1n) is 5.12. The Labute approximate surface area is 103 Å². The standard InChI is InChI=1S/C11H13N3O2S/c1-11(2,3)14-5-7(4-12-14)9-13-8(6-17-9)10(15)16/h4-6H,1-3H3,(H,15,16). The van der Waals surface area contributed by atoms with Crippen molar-refractivity contribution in [3.05, 3.63) is 23.5 Å². The molecular weight excluding hydrogens is 238 g/mol. The maximum absolute atomic E-state index is 10.7. The molecule has 0 aromatic carbocycles. The highest BCUT2D eigenvalue weighted by Gasteiger charge is 2.16. The van der Waals surface area contributed by atoms with Gasteiger partial charge in [-0.05, 0) is 20.8 Å². The lowest BCUT2D eigenvalue weighted by Crippen LogP contribution is -2.21. The first kappa shape index (κ1) is 11.8. The van der Waals surface area contributed by atoms with E-state index in [0.29, 0.717) is 5.01 Å². The summed E-state index contributed by atoms with van der Waals surface area (Å²) in [5.74, 6) is -1.00. The second-order valence-corrected chi connectivity index (χ2v) is 5.55. The predicted octanol–water partition coefficient (Wildman–Crippen LogP) is 2.46. The van der Waals surface area contributed by atoms with Crippen LogP contribution in [0.1, 0.15) is 31.3 Å². The highest BCUT2D eigenvalue weighted by atomic mass is 32.1. The number of aromatic carboxylic acids is 1. The van der Waals surface area contributed by atoms with E-state index in [0.717, 1.165) is 5.56 Å². The van der Waals surface area contributed by atoms with E-state index in [4.69, 9.17) is 5.11 Å². The van der Waals surface area contributed by atoms with Crippen LogP contribution in [-0.4, -0.2) is 25.8 Å². The Morgan fingerprint density at radius 2 is 2.18 bits per heavy atom. The van der Waals surface area contributed by atoms with Crippen LogP contribution in [0.25, 0.3) is 10.6 Å². The molecule has 2 heterocycles. The molecule has 6 heteroatoms. The number of nitrogens with zero attached hydrogens (tertiary/aromatic N) is 3. The van der Waals surface area contributed by atoms with Gasteiger partial charge in [-0.25, -0.2) is 9.78 Å². The molecule has 0 unspecified atom stereocenters. The van der Waals surface area contributed by atoms with Crippen molar-refractivity contribution in [1.82, 2.24) is 14.8 Å². The zero-order chi connectivity index (χ0) is 12.6. The van der Waals surface area contributed by atoms with E-state index in [1.54, 1.807) is 6.20 Å². The van der Waals surface area contributed by atoms with Crippen LogP contribution < -0.4 is 0 Å². The molecule has 0 amide bonds. The molecule has 90 valence electrons. The minimum atomic E-state index is -1.00. The van der Waals surface area contributed by atoms with Crippen LogP contribution in [0.5, 0.6) is 0 Å². The summed E-state index contributed by atoms with van der Waals surface area (Å²) >= 11 is 1.31. The molecule has 2 aromatic heterocycles. The molecule has 2 aromatic rings. The van der Waals surface area contributed by atoms with Crippen LogP contribution in [-0.2, 0) is 5.54 Å². The van der Waals surface area contributed by atoms with E-state index >= 15 is 0 Å². The maximum Gasteiger partial charge on any atom is 0.355 e. The number of hydrogen-bond donors (Lipinski definition) is 1. The van der Waals surface area contributed by atoms with Crippen LogP contribution in [0.15, 0.2) is 17.8 Å². The van der Waals surface area contributed by atoms with E-state index in [-0.39, 0.29) is 11.2 Å². The SMILES string of the molecule is CC(C)(C)n1cc(-c2nc(C(=O)O)cs2)cn1. The Morgan fingerprint density at radius 3 is 2.65 bits per heavy atom. The smallest absolute Gasteiger partial charge is 0.355 e. The third kappa shape index (κ3) is 2.36. The van der Waals surface area contributed by atoms with Crippen LogP contribution in [0, 0.1) is 0 Å². The second kappa shape index (κ2) is 3.96. The lowest BCUT2D eigenvalue weighted by Gasteiger charge is -2.18. The lowest BCUT2D eigenvalue weighted by atomic mass is 10.1. The monoisotopic (exact) mass is 251 g/mol. The molecule has 0 aliphatic heterocycles. The number of carboxylic acids is 1. The van der Waals surface area contributed by atoms with Gasteiger partial charge in [0.15, 0.2) is 5.69 Å². The van der Waals surface area contributed by atoms with Gasteiger partial charge in [-0.15, -0.1) is 11.3 Å². The Balaban J connectivity index is 2.34. The zero-order valence-electron chi connectivity index (χ0n) is 9.84. The first-order chi connectivity index (χ1) is 7.88. The molecule has 0 saturated carbocycles. The average Bonchev–Trinajstić information content (AvgIpc) is 2.85. The Kier molecular flexibility index (Phi) is 2.74. The number of hydrogen-bond acceptors (Lipinski definition) is 4. The summed E-state index contributed by atoms with van der Waals surface area (Å²) in [4.78, 5) is 14.8. The summed E-state index contributed by atoms with van der Waals surface area (Å²) in [7, 11) is 0. The summed E-state index contributed by atoms with van der Waals surface area (Å²) < 4.78 is 1.84. The predicted molar refractivity (Wildman–Crippen MR) is 65.3 cm³/mol. The van der Waals surface area contributed by atoms with Gasteiger partial charge in [0.1, 0.15) is 5.01 Å². The van der Waals surface area contributed by atoms with Crippen molar-refractivity contribution in [2.24, 2.45) is 0 Å². The molecule has 5 nitrogen and oxygen atoms in total. The molecule has 1 N–H and O–H groups in total. The molecule has 0 spiro atoms. The van der Waals surface area contributed by atoms with E-state index in [1.165, 1.54) is 16.7 Å². The second-order valence-electron chi connectivity index (χ2n) is 4.69. The van der Waals surface area contributed by atoms with Crippen LogP contribution >= 0.6 is 11.3 Å². The quantitative estimate of drug-likeness (QED) is 0.890. The number of carboxylic acid groups (broad SMARTS) is 1. The minimum absolute atomic E-state index is 0.0773. The fraction of sp³-hybridized carbons (Fsp3) is 0.364. The third-order valence-electron chi connectivity index (χ3n) is 2.24. The van der Waals surface area contributed by atoms with Gasteiger partial charge < -0.3 is 5.11 Å². The van der Waals surface area contributed by atoms with Crippen molar-refractivity contribution in [3.8, 4) is 10.6 Å². The van der Waals surface area contributed by atoms with E-state index in [1.807, 2.05) is 31.6 Å². The zero-order valence-corrected chi connectivity index (χ0v) is 10.7. The average molecular weight is 251 g/mol. The highest BCUT2D eigenvalue weighted by molar-refractivity contribution is 7.13. The molecular formula is C11H13N3O2S. The van der Waals surface area contributed by atoms with Crippen molar-refractivity contribution in [3.63, 3.8) is 0 Å². The van der Waals surface area contributed by atoms with Gasteiger partial charge in [0.2, 0.25) is 0 Å². The topological polar surface area (TPSA) is 68.0 Å². The van der Waals surface area contributed by atoms with Gasteiger partial charge in [0.25, 0.3) is 0 Å². The highest BCUT2D eigenvalue weighted by Crippen LogP contribution is 2.25. The van der Waals surface area contributed by atoms with Crippen molar-refractivity contribution in [1.29, 1.82) is 0 Å². The van der Waals surface area contributed by atoms with Crippen molar-refractivity contribution in [2.45, 2.75) is 26.3 Å². The Morgan fingerprint density at radius 1 is 1.47 bits per heavy atom. The van der Waals surface area contributed by atoms with Crippen molar-refractivity contribution < 1.29 is 9.90 Å². The molecule has 0 fully saturated rings. The van der Waals surface area contributed by atoms with Gasteiger partial charge in [-0.1, -0.05) is 0 Å². The molecule has 0 radical (unpaired) electrons. The number of carbonyl (C=O) groups is 1. The molecule has 0 bridgehead atoms. The molecule has 0 saturated heterocycles. The lowest BCUT2D eigenvalue weighted by molar-refractivity contribution is 0.0691. The van der Waals surface area contributed by atoms with Crippen LogP contribution in [0.2, 0.25) is 0 Å². The summed E-state index contributed by atoms with van der Waals surface area (Å²) in [5.41, 5.74) is 0.830. The largest absolute Gasteiger partial charge is 0.476 e. The third-order valence-corrected chi connectivity index (χ3v) is 3.13. The van der Waals surface area contributed by atoms with Gasteiger partial charge in [-0.2, -0.15) is 5.10 Å². The molecule has 0 aliphatic rings. The Hall–Kier alpha value is -1.69. The van der Waals surface area contributed by atoms with Crippen LogP contribution in [0.3, 0.4) is 0 Å². The molecule has 17 heavy (non-hydrogen) atoms. The van der Waals surface area contributed by atoms with Gasteiger partial charge >= 0.3 is 5.97 Å². The first-order valence-corrected chi connectivity index (χ1v) is 6.00. The number of rotatable bonds is 2. The fourth-order valence-corrected chi connectivity index (χ4v) is 2.07. The van der Waals surface area contributed by atoms with Crippen molar-refractivity contribution in [2.75, 3.05) is 0 Å². The summed E-state index contributed by atoms with van der Waals surface area (Å²) in [6.45, 7) is 6.15. The van der Waals surface area contributed by atoms with Gasteiger partial charge in [-0.3, -0.25) is 4.68 Å². The fourth-order valence-electron chi connectivity index (χ4n) is 1.30. The number of thiazole rings is 1. The number of aromatic nitrogens is 3. The van der Waals surface area contributed by atoms with Gasteiger partial charge in [0.05, 0.1) is 11.7 Å². The summed E-state index contributed by atoms with van der Waals surface area (Å²) in [6.07, 6.45) is 3.58. The Bertz CT molecular complexity index is 551. The van der Waals surface area contributed by atoms with Crippen molar-refractivity contribution >= 4 is 17.3 Å². The van der Waals surface area contributed by atoms with E-state index in [9.17, 15) is 4.79 Å². The molecule has 0 aliphatic carbocycles. The normalized spacial score (nSPS) is 11.7. The molecule has 0 atom stereocenters. The summed E-state index contributed by atoms with van der Waals surface area (Å²) in [5, 5.41) is 15.3. The summed E-state index contributed by atoms with van der Waals surface area (Å²) in [6, 6.07) is 0. The molecule has 2 rings (SSSR count). The van der Waals surface area contributed by atoms with E-state index < -0.39 is 5.97 Å².